The quantitative estimate of drug-likeness (QED) is 0.128. The topological polar surface area (TPSA) is 110 Å². The van der Waals surface area contributed by atoms with Crippen LogP contribution in [-0.4, -0.2) is 48.8 Å². The lowest BCUT2D eigenvalue weighted by Gasteiger charge is -2.11. The third-order valence-electron chi connectivity index (χ3n) is 6.45. The predicted octanol–water partition coefficient (Wildman–Crippen LogP) is 8.21. The lowest BCUT2D eigenvalue weighted by Crippen LogP contribution is -2.09. The van der Waals surface area contributed by atoms with E-state index in [-0.39, 0.29) is 0 Å². The maximum Gasteiger partial charge on any atom is 0.172 e. The van der Waals surface area contributed by atoms with Crippen LogP contribution in [-0.2, 0) is 0 Å². The van der Waals surface area contributed by atoms with Crippen molar-refractivity contribution in [3.05, 3.63) is 92.0 Å². The highest BCUT2D eigenvalue weighted by Gasteiger charge is 2.14. The number of benzene rings is 2. The van der Waals surface area contributed by atoms with E-state index in [4.69, 9.17) is 28.9 Å². The highest BCUT2D eigenvalue weighted by atomic mass is 79.9. The summed E-state index contributed by atoms with van der Waals surface area (Å²) < 4.78 is 5.25. The van der Waals surface area contributed by atoms with Gasteiger partial charge in [-0.2, -0.15) is 19.2 Å². The number of nitrogens with two attached hydrogens (primary N) is 1. The molecule has 2 aromatic carbocycles. The Labute approximate surface area is 276 Å². The second-order valence-corrected chi connectivity index (χ2v) is 11.9. The van der Waals surface area contributed by atoms with Gasteiger partial charge in [0.25, 0.3) is 0 Å². The summed E-state index contributed by atoms with van der Waals surface area (Å²) >= 11 is 19.5. The van der Waals surface area contributed by atoms with Crippen molar-refractivity contribution in [3.63, 3.8) is 0 Å². The van der Waals surface area contributed by atoms with Crippen LogP contribution < -0.4 is 16.4 Å². The fourth-order valence-electron chi connectivity index (χ4n) is 4.40. The molecule has 0 aliphatic rings. The molecule has 9 nitrogen and oxygen atoms in total. The van der Waals surface area contributed by atoms with Gasteiger partial charge in [0.15, 0.2) is 11.3 Å². The Morgan fingerprint density at radius 2 is 1.23 bits per heavy atom. The van der Waals surface area contributed by atoms with E-state index in [0.29, 0.717) is 16.6 Å². The third-order valence-corrected chi connectivity index (χ3v) is 8.23. The van der Waals surface area contributed by atoms with Crippen molar-refractivity contribution in [2.45, 2.75) is 19.8 Å². The van der Waals surface area contributed by atoms with Gasteiger partial charge < -0.3 is 16.4 Å². The third kappa shape index (κ3) is 7.13. The summed E-state index contributed by atoms with van der Waals surface area (Å²) in [7, 11) is 0. The minimum Gasteiger partial charge on any atom is -0.370 e. The van der Waals surface area contributed by atoms with Gasteiger partial charge in [-0.25, -0.2) is 9.97 Å². The molecule has 6 aromatic rings. The summed E-state index contributed by atoms with van der Waals surface area (Å²) in [5.74, 6) is 1.77. The number of halogens is 4. The van der Waals surface area contributed by atoms with Crippen molar-refractivity contribution in [2.24, 2.45) is 5.73 Å². The summed E-state index contributed by atoms with van der Waals surface area (Å²) in [4.78, 5) is 9.32. The summed E-state index contributed by atoms with van der Waals surface area (Å²) in [6, 6.07) is 19.3. The van der Waals surface area contributed by atoms with Gasteiger partial charge in [0.1, 0.15) is 11.6 Å². The molecule has 0 spiro atoms. The van der Waals surface area contributed by atoms with E-state index in [1.807, 2.05) is 67.6 Å². The monoisotopic (exact) mass is 743 g/mol. The van der Waals surface area contributed by atoms with Crippen LogP contribution in [0.25, 0.3) is 33.8 Å². The number of anilines is 2. The number of rotatable bonds is 9. The number of hydrogen-bond acceptors (Lipinski definition) is 7. The molecule has 0 saturated heterocycles. The number of nitrogens with one attached hydrogen (secondary N) is 2. The van der Waals surface area contributed by atoms with Crippen molar-refractivity contribution in [3.8, 4) is 22.5 Å². The van der Waals surface area contributed by atoms with E-state index in [9.17, 15) is 0 Å². The molecule has 4 heterocycles. The lowest BCUT2D eigenvalue weighted by atomic mass is 10.1. The van der Waals surface area contributed by atoms with Crippen LogP contribution in [0.15, 0.2) is 82.0 Å². The van der Waals surface area contributed by atoms with Gasteiger partial charge in [-0.05, 0) is 70.3 Å². The predicted molar refractivity (Wildman–Crippen MR) is 183 cm³/mol. The molecule has 43 heavy (non-hydrogen) atoms. The average Bonchev–Trinajstić information content (AvgIpc) is 3.58. The molecule has 0 bridgehead atoms. The van der Waals surface area contributed by atoms with Gasteiger partial charge in [-0.15, -0.1) is 0 Å². The zero-order valence-electron chi connectivity index (χ0n) is 23.2. The van der Waals surface area contributed by atoms with Gasteiger partial charge >= 0.3 is 0 Å². The standard InChI is InChI=1S/C16H17BrClN5.C14H12BrClN4/c17-12-10-21-23-15(20-8-4-3-7-19)9-14(22-16(12)23)11-5-1-2-6-13(11)18;1-2-17-13-7-12(9-5-3-4-6-11(9)16)19-14-10(15)8-18-20(13)14/h1-2,5-6,9-10,20H,3-4,7-8,19H2;3-8,17H,2H2,1H3. The Bertz CT molecular complexity index is 1860. The van der Waals surface area contributed by atoms with Crippen LogP contribution in [0.4, 0.5) is 11.6 Å². The van der Waals surface area contributed by atoms with E-state index < -0.39 is 0 Å². The van der Waals surface area contributed by atoms with Gasteiger partial charge in [-0.1, -0.05) is 59.6 Å². The molecule has 0 saturated carbocycles. The molecule has 0 atom stereocenters. The molecule has 4 N–H and O–H groups in total. The first-order valence-electron chi connectivity index (χ1n) is 13.7. The molecular weight excluding hydrogens is 717 g/mol. The maximum absolute atomic E-state index is 6.31. The van der Waals surface area contributed by atoms with Gasteiger partial charge in [0.05, 0.1) is 32.7 Å². The Hall–Kier alpha value is -3.22. The lowest BCUT2D eigenvalue weighted by molar-refractivity contribution is 0.768. The molecular formula is C30H29Br2Cl2N9. The van der Waals surface area contributed by atoms with E-state index in [0.717, 1.165) is 80.3 Å². The van der Waals surface area contributed by atoms with Gasteiger partial charge in [-0.3, -0.25) is 0 Å². The Morgan fingerprint density at radius 1 is 0.744 bits per heavy atom. The Balaban J connectivity index is 0.000000173. The number of fused-ring (bicyclic) bond motifs is 2. The van der Waals surface area contributed by atoms with Crippen LogP contribution in [0.1, 0.15) is 19.8 Å². The molecule has 4 aromatic heterocycles. The fourth-order valence-corrected chi connectivity index (χ4v) is 5.57. The fraction of sp³-hybridized carbons (Fsp3) is 0.200. The minimum atomic E-state index is 0.675. The number of nitrogens with zero attached hydrogens (tertiary/aromatic N) is 6. The molecule has 0 aliphatic heterocycles. The van der Waals surface area contributed by atoms with Crippen molar-refractivity contribution in [1.29, 1.82) is 0 Å². The van der Waals surface area contributed by atoms with Crippen LogP contribution in [0, 0.1) is 0 Å². The minimum absolute atomic E-state index is 0.675. The zero-order chi connectivity index (χ0) is 30.3. The smallest absolute Gasteiger partial charge is 0.172 e. The first-order chi connectivity index (χ1) is 20.9. The normalized spacial score (nSPS) is 11.0. The molecule has 13 heteroatoms. The number of aromatic nitrogens is 6. The van der Waals surface area contributed by atoms with E-state index in [2.05, 4.69) is 62.7 Å². The van der Waals surface area contributed by atoms with E-state index in [1.54, 1.807) is 21.4 Å². The van der Waals surface area contributed by atoms with Crippen LogP contribution >= 0.6 is 55.1 Å². The molecule has 0 amide bonds. The highest BCUT2D eigenvalue weighted by molar-refractivity contribution is 9.11. The molecule has 222 valence electrons. The van der Waals surface area contributed by atoms with Crippen molar-refractivity contribution in [1.82, 2.24) is 29.2 Å². The second kappa shape index (κ2) is 14.5. The summed E-state index contributed by atoms with van der Waals surface area (Å²) in [6.45, 7) is 4.37. The average molecular weight is 746 g/mol. The summed E-state index contributed by atoms with van der Waals surface area (Å²) in [5, 5.41) is 16.7. The van der Waals surface area contributed by atoms with E-state index in [1.165, 1.54) is 0 Å². The molecule has 0 unspecified atom stereocenters. The van der Waals surface area contributed by atoms with E-state index >= 15 is 0 Å². The largest absolute Gasteiger partial charge is 0.370 e. The van der Waals surface area contributed by atoms with Crippen molar-refractivity contribution < 1.29 is 0 Å². The zero-order valence-corrected chi connectivity index (χ0v) is 27.9. The van der Waals surface area contributed by atoms with Gasteiger partial charge in [0.2, 0.25) is 0 Å². The first-order valence-corrected chi connectivity index (χ1v) is 16.0. The highest BCUT2D eigenvalue weighted by Crippen LogP contribution is 2.31. The number of unbranched alkanes of at least 4 members (excludes halogenated alkanes) is 1. The van der Waals surface area contributed by atoms with Crippen molar-refractivity contribution in [2.75, 3.05) is 30.3 Å². The Morgan fingerprint density at radius 3 is 1.70 bits per heavy atom. The maximum atomic E-state index is 6.31. The first kappa shape index (κ1) is 31.2. The number of hydrogen-bond donors (Lipinski definition) is 3. The van der Waals surface area contributed by atoms with Crippen molar-refractivity contribution >= 4 is 78.0 Å². The molecule has 6 rings (SSSR count). The molecule has 0 fully saturated rings. The second-order valence-electron chi connectivity index (χ2n) is 9.42. The Kier molecular flexibility index (Phi) is 10.5. The summed E-state index contributed by atoms with van der Waals surface area (Å²) in [5.41, 5.74) is 10.5. The molecule has 0 aliphatic carbocycles. The molecule has 0 radical (unpaired) electrons. The van der Waals surface area contributed by atoms with Crippen LogP contribution in [0.5, 0.6) is 0 Å². The summed E-state index contributed by atoms with van der Waals surface area (Å²) in [6.07, 6.45) is 5.47. The van der Waals surface area contributed by atoms with Crippen LogP contribution in [0.2, 0.25) is 10.0 Å². The van der Waals surface area contributed by atoms with Gasteiger partial charge in [0, 0.05) is 46.4 Å². The SMILES string of the molecule is CCNc1cc(-c2ccccc2Cl)nc2c(Br)cnn12.NCCCCNc1cc(-c2ccccc2Cl)nc2c(Br)cnn12. The van der Waals surface area contributed by atoms with Crippen LogP contribution in [0.3, 0.4) is 0 Å².